The number of methoxy groups -OCH3 is 2. The van der Waals surface area contributed by atoms with Gasteiger partial charge in [0.25, 0.3) is 0 Å². The summed E-state index contributed by atoms with van der Waals surface area (Å²) in [4.78, 5) is 47.5. The van der Waals surface area contributed by atoms with Crippen molar-refractivity contribution in [3.05, 3.63) is 159 Å². The van der Waals surface area contributed by atoms with E-state index in [0.29, 0.717) is 28.3 Å². The number of Topliss-reactive ketones (excluding diaryl/α,β-unsaturated/α-hetero) is 1. The molecule has 7 heteroatoms. The molecule has 2 fully saturated rings. The Morgan fingerprint density at radius 1 is 0.542 bits per heavy atom. The quantitative estimate of drug-likeness (QED) is 0.128. The number of imide groups is 1. The zero-order valence-corrected chi connectivity index (χ0v) is 28.4. The summed E-state index contributed by atoms with van der Waals surface area (Å²) in [6.07, 6.45) is 0. The van der Waals surface area contributed by atoms with Crippen molar-refractivity contribution in [1.29, 1.82) is 0 Å². The van der Waals surface area contributed by atoms with Crippen LogP contribution in [0.1, 0.15) is 22.3 Å². The van der Waals surface area contributed by atoms with Gasteiger partial charge in [0, 0.05) is 3.57 Å². The molecular weight excluding hydrogens is 713 g/mol. The van der Waals surface area contributed by atoms with Crippen LogP contribution in [0.25, 0.3) is 11.1 Å². The minimum absolute atomic E-state index is 0.164. The van der Waals surface area contributed by atoms with Crippen LogP contribution in [-0.4, -0.2) is 31.8 Å². The predicted molar refractivity (Wildman–Crippen MR) is 193 cm³/mol. The zero-order chi connectivity index (χ0) is 33.2. The molecule has 0 N–H and O–H groups in total. The summed E-state index contributed by atoms with van der Waals surface area (Å²) in [6.45, 7) is 0. The fourth-order valence-electron chi connectivity index (χ4n) is 8.48. The lowest BCUT2D eigenvalue weighted by Crippen LogP contribution is -2.45. The van der Waals surface area contributed by atoms with Gasteiger partial charge in [-0.25, -0.2) is 4.90 Å². The lowest BCUT2D eigenvalue weighted by atomic mass is 9.59. The smallest absolute Gasteiger partial charge is 0.239 e. The van der Waals surface area contributed by atoms with Gasteiger partial charge in [0.05, 0.1) is 42.6 Å². The van der Waals surface area contributed by atoms with Crippen LogP contribution in [-0.2, 0) is 25.2 Å². The third-order valence-corrected chi connectivity index (χ3v) is 11.0. The van der Waals surface area contributed by atoms with Crippen molar-refractivity contribution in [3.8, 4) is 11.5 Å². The van der Waals surface area contributed by atoms with E-state index in [2.05, 4.69) is 22.6 Å². The third kappa shape index (κ3) is 3.94. The van der Waals surface area contributed by atoms with Gasteiger partial charge in [-0.1, -0.05) is 84.9 Å². The first-order valence-electron chi connectivity index (χ1n) is 15.7. The number of fused-ring (bicyclic) bond motifs is 5. The van der Waals surface area contributed by atoms with Gasteiger partial charge in [0.15, 0.2) is 5.78 Å². The van der Waals surface area contributed by atoms with Gasteiger partial charge in [-0.15, -0.1) is 0 Å². The Hall–Kier alpha value is -5.02. The zero-order valence-electron chi connectivity index (χ0n) is 26.2. The molecule has 48 heavy (non-hydrogen) atoms. The lowest BCUT2D eigenvalue weighted by Gasteiger charge is -2.39. The number of hydrogen-bond donors (Lipinski definition) is 0. The Labute approximate surface area is 292 Å². The SMILES string of the molecule is COc1ccc(C2=C(c3ccc(OC)cc3)[C@@]3(c4ccccc4)C(=O)[C@@]2(c2ccccc2)[C@@H]2C(=O)N(c4ccc(I)cc4)C(=O)[C@H]23)cc1. The second kappa shape index (κ2) is 11.3. The first kappa shape index (κ1) is 30.3. The number of amides is 2. The van der Waals surface area contributed by atoms with E-state index < -0.39 is 22.7 Å². The molecule has 1 aliphatic heterocycles. The number of benzene rings is 5. The van der Waals surface area contributed by atoms with Crippen LogP contribution >= 0.6 is 22.6 Å². The normalized spacial score (nSPS) is 24.3. The van der Waals surface area contributed by atoms with Crippen molar-refractivity contribution in [2.75, 3.05) is 19.1 Å². The van der Waals surface area contributed by atoms with E-state index in [1.165, 1.54) is 4.90 Å². The van der Waals surface area contributed by atoms with Crippen LogP contribution in [0, 0.1) is 15.4 Å². The van der Waals surface area contributed by atoms with E-state index in [1.807, 2.05) is 121 Å². The second-order valence-corrected chi connectivity index (χ2v) is 13.6. The first-order chi connectivity index (χ1) is 23.4. The van der Waals surface area contributed by atoms with Crippen LogP contribution < -0.4 is 14.4 Å². The summed E-state index contributed by atoms with van der Waals surface area (Å²) >= 11 is 2.21. The minimum atomic E-state index is -1.48. The Balaban J connectivity index is 1.54. The van der Waals surface area contributed by atoms with Crippen molar-refractivity contribution in [2.45, 2.75) is 10.8 Å². The Bertz CT molecular complexity index is 1980. The van der Waals surface area contributed by atoms with Gasteiger partial charge in [-0.2, -0.15) is 0 Å². The summed E-state index contributed by atoms with van der Waals surface area (Å²) in [5.41, 5.74) is 1.92. The predicted octanol–water partition coefficient (Wildman–Crippen LogP) is 7.50. The van der Waals surface area contributed by atoms with Crippen molar-refractivity contribution in [1.82, 2.24) is 0 Å². The second-order valence-electron chi connectivity index (χ2n) is 12.3. The Kier molecular flexibility index (Phi) is 7.14. The average molecular weight is 744 g/mol. The molecule has 0 aromatic heterocycles. The molecule has 0 radical (unpaired) electrons. The summed E-state index contributed by atoms with van der Waals surface area (Å²) in [5, 5.41) is 0. The standard InChI is InChI=1S/C41H30INO5/c1-47-31-21-13-25(14-22-31)33-34(26-15-23-32(48-2)24-16-26)41(28-11-7-4-8-12-28)36-35(40(33,39(41)46)27-9-5-3-6-10-27)37(44)43(38(36)45)30-19-17-29(42)18-20-30/h3-24,35-36H,1-2H3/t35-,36-,40+,41+/m0/s1. The molecule has 5 aromatic carbocycles. The van der Waals surface area contributed by atoms with E-state index >= 15 is 14.4 Å². The highest BCUT2D eigenvalue weighted by molar-refractivity contribution is 14.1. The number of rotatable bonds is 7. The summed E-state index contributed by atoms with van der Waals surface area (Å²) < 4.78 is 12.0. The largest absolute Gasteiger partial charge is 0.497 e. The van der Waals surface area contributed by atoms with Crippen LogP contribution in [0.15, 0.2) is 133 Å². The molecule has 236 valence electrons. The van der Waals surface area contributed by atoms with E-state index in [0.717, 1.165) is 25.8 Å². The van der Waals surface area contributed by atoms with Gasteiger partial charge < -0.3 is 9.47 Å². The fraction of sp³-hybridized carbons (Fsp3) is 0.146. The van der Waals surface area contributed by atoms with Gasteiger partial charge in [-0.3, -0.25) is 14.4 Å². The molecule has 8 rings (SSSR count). The first-order valence-corrected chi connectivity index (χ1v) is 16.8. The number of ether oxygens (including phenoxy) is 2. The van der Waals surface area contributed by atoms with Crippen molar-refractivity contribution in [3.63, 3.8) is 0 Å². The monoisotopic (exact) mass is 743 g/mol. The Morgan fingerprint density at radius 2 is 0.938 bits per heavy atom. The number of hydrogen-bond acceptors (Lipinski definition) is 5. The summed E-state index contributed by atoms with van der Waals surface area (Å²) in [7, 11) is 3.22. The van der Waals surface area contributed by atoms with Crippen molar-refractivity contribution in [2.24, 2.45) is 11.8 Å². The van der Waals surface area contributed by atoms with Gasteiger partial charge in [-0.05, 0) is 105 Å². The number of ketones is 1. The summed E-state index contributed by atoms with van der Waals surface area (Å²) in [5.74, 6) is -1.55. The fourth-order valence-corrected chi connectivity index (χ4v) is 8.84. The number of halogens is 1. The Morgan fingerprint density at radius 3 is 1.31 bits per heavy atom. The van der Waals surface area contributed by atoms with Gasteiger partial charge >= 0.3 is 0 Å². The topological polar surface area (TPSA) is 72.9 Å². The highest BCUT2D eigenvalue weighted by atomic mass is 127. The molecule has 5 aromatic rings. The molecule has 1 heterocycles. The van der Waals surface area contributed by atoms with Gasteiger partial charge in [0.1, 0.15) is 11.5 Å². The molecule has 0 spiro atoms. The molecule has 2 aliphatic carbocycles. The molecule has 4 atom stereocenters. The van der Waals surface area contributed by atoms with Crippen molar-refractivity contribution >= 4 is 57.0 Å². The molecule has 2 bridgehead atoms. The molecule has 0 unspecified atom stereocenters. The maximum atomic E-state index is 16.0. The van der Waals surface area contributed by atoms with Crippen LogP contribution in [0.2, 0.25) is 0 Å². The maximum absolute atomic E-state index is 16.0. The molecule has 2 amide bonds. The van der Waals surface area contributed by atoms with Crippen LogP contribution in [0.5, 0.6) is 11.5 Å². The van der Waals surface area contributed by atoms with E-state index in [1.54, 1.807) is 26.4 Å². The maximum Gasteiger partial charge on any atom is 0.239 e. The molecule has 1 saturated heterocycles. The van der Waals surface area contributed by atoms with Crippen LogP contribution in [0.3, 0.4) is 0 Å². The number of carbonyl (C=O) groups excluding carboxylic acids is 3. The van der Waals surface area contributed by atoms with Crippen molar-refractivity contribution < 1.29 is 23.9 Å². The number of nitrogens with zero attached hydrogens (tertiary/aromatic N) is 1. The molecule has 1 saturated carbocycles. The van der Waals surface area contributed by atoms with Crippen LogP contribution in [0.4, 0.5) is 5.69 Å². The number of carbonyl (C=O) groups is 3. The highest BCUT2D eigenvalue weighted by Gasteiger charge is 2.82. The number of allylic oxidation sites excluding steroid dienone is 2. The minimum Gasteiger partial charge on any atom is -0.497 e. The van der Waals surface area contributed by atoms with E-state index in [9.17, 15) is 0 Å². The lowest BCUT2D eigenvalue weighted by molar-refractivity contribution is -0.130. The average Bonchev–Trinajstić information content (AvgIpc) is 3.65. The highest BCUT2D eigenvalue weighted by Crippen LogP contribution is 2.74. The van der Waals surface area contributed by atoms with Gasteiger partial charge in [0.2, 0.25) is 11.8 Å². The molecule has 6 nitrogen and oxygen atoms in total. The molecule has 3 aliphatic rings. The van der Waals surface area contributed by atoms with E-state index in [4.69, 9.17) is 9.47 Å². The summed E-state index contributed by atoms with van der Waals surface area (Å²) in [6, 6.07) is 41.7. The molecular formula is C41H30INO5. The third-order valence-electron chi connectivity index (χ3n) is 10.3. The number of anilines is 1. The van der Waals surface area contributed by atoms with E-state index in [-0.39, 0.29) is 17.6 Å².